The summed E-state index contributed by atoms with van der Waals surface area (Å²) in [5.74, 6) is 0.0714. The van der Waals surface area contributed by atoms with Crippen molar-refractivity contribution in [3.63, 3.8) is 0 Å². The van der Waals surface area contributed by atoms with E-state index in [1.54, 1.807) is 23.2 Å². The lowest BCUT2D eigenvalue weighted by atomic mass is 10.2. The zero-order valence-corrected chi connectivity index (χ0v) is 16.0. The second-order valence-corrected chi connectivity index (χ2v) is 8.14. The maximum atomic E-state index is 12.8. The van der Waals surface area contributed by atoms with Crippen molar-refractivity contribution in [1.29, 1.82) is 0 Å². The number of carbonyl (C=O) groups is 2. The Morgan fingerprint density at radius 2 is 1.81 bits per heavy atom. The van der Waals surface area contributed by atoms with E-state index >= 15 is 0 Å². The fraction of sp³-hybridized carbons (Fsp3) is 0.579. The third-order valence-electron chi connectivity index (χ3n) is 5.40. The summed E-state index contributed by atoms with van der Waals surface area (Å²) in [6.07, 6.45) is 9.27. The molecule has 140 valence electrons. The van der Waals surface area contributed by atoms with Crippen LogP contribution in [0.3, 0.4) is 0 Å². The number of aromatic nitrogens is 1. The number of nitrogens with zero attached hydrogens (tertiary/aromatic N) is 3. The van der Waals surface area contributed by atoms with Crippen LogP contribution in [0.4, 0.5) is 4.79 Å². The van der Waals surface area contributed by atoms with Crippen LogP contribution in [0, 0.1) is 0 Å². The average Bonchev–Trinajstić information content (AvgIpc) is 3.36. The second kappa shape index (κ2) is 7.31. The molecule has 2 aromatic rings. The largest absolute Gasteiger partial charge is 0.450 e. The Morgan fingerprint density at radius 3 is 2.46 bits per heavy atom. The van der Waals surface area contributed by atoms with E-state index in [9.17, 15) is 9.59 Å². The fourth-order valence-electron chi connectivity index (χ4n) is 3.94. The summed E-state index contributed by atoms with van der Waals surface area (Å²) in [7, 11) is 0. The number of hydrogen-bond donors (Lipinski definition) is 0. The molecule has 0 radical (unpaired) electrons. The topological polar surface area (TPSA) is 54.8 Å². The van der Waals surface area contributed by atoms with Crippen molar-refractivity contribution in [2.45, 2.75) is 38.6 Å². The van der Waals surface area contributed by atoms with Crippen LogP contribution in [0.15, 0.2) is 18.5 Å². The zero-order valence-electron chi connectivity index (χ0n) is 15.1. The van der Waals surface area contributed by atoms with Gasteiger partial charge >= 0.3 is 6.09 Å². The van der Waals surface area contributed by atoms with E-state index in [-0.39, 0.29) is 12.0 Å². The van der Waals surface area contributed by atoms with Crippen molar-refractivity contribution in [2.24, 2.45) is 0 Å². The summed E-state index contributed by atoms with van der Waals surface area (Å²) in [5, 5.41) is 1.16. The molecule has 1 aliphatic heterocycles. The Kier molecular flexibility index (Phi) is 4.89. The van der Waals surface area contributed by atoms with Crippen LogP contribution in [0.25, 0.3) is 10.1 Å². The Bertz CT molecular complexity index is 767. The van der Waals surface area contributed by atoms with Crippen molar-refractivity contribution in [3.05, 3.63) is 23.3 Å². The van der Waals surface area contributed by atoms with Crippen LogP contribution in [0.1, 0.15) is 48.3 Å². The number of hydrogen-bond acceptors (Lipinski definition) is 4. The molecule has 1 aliphatic carbocycles. The normalized spacial score (nSPS) is 18.7. The van der Waals surface area contributed by atoms with E-state index in [4.69, 9.17) is 4.74 Å². The number of thiophene rings is 1. The van der Waals surface area contributed by atoms with Crippen molar-refractivity contribution in [3.8, 4) is 0 Å². The molecule has 2 aliphatic rings. The van der Waals surface area contributed by atoms with Gasteiger partial charge < -0.3 is 19.1 Å². The first-order chi connectivity index (χ1) is 12.7. The summed E-state index contributed by atoms with van der Waals surface area (Å²) in [6.45, 7) is 4.36. The monoisotopic (exact) mass is 375 g/mol. The van der Waals surface area contributed by atoms with Gasteiger partial charge in [-0.3, -0.25) is 4.79 Å². The van der Waals surface area contributed by atoms with Gasteiger partial charge in [-0.2, -0.15) is 0 Å². The van der Waals surface area contributed by atoms with Crippen LogP contribution in [-0.4, -0.2) is 59.2 Å². The van der Waals surface area contributed by atoms with Gasteiger partial charge in [-0.25, -0.2) is 4.79 Å². The van der Waals surface area contributed by atoms with Crippen molar-refractivity contribution < 1.29 is 14.3 Å². The van der Waals surface area contributed by atoms with Gasteiger partial charge in [0.05, 0.1) is 16.2 Å². The van der Waals surface area contributed by atoms with Crippen LogP contribution in [0.2, 0.25) is 0 Å². The molecule has 0 N–H and O–H groups in total. The van der Waals surface area contributed by atoms with Gasteiger partial charge in [0, 0.05) is 50.0 Å². The minimum absolute atomic E-state index is 0.0714. The fourth-order valence-corrected chi connectivity index (χ4v) is 4.98. The molecule has 1 saturated carbocycles. The number of fused-ring (bicyclic) bond motifs is 1. The van der Waals surface area contributed by atoms with Gasteiger partial charge in [0.25, 0.3) is 5.91 Å². The molecule has 0 atom stereocenters. The van der Waals surface area contributed by atoms with Crippen molar-refractivity contribution in [1.82, 2.24) is 14.4 Å². The number of ether oxygens (including phenoxy) is 1. The van der Waals surface area contributed by atoms with Gasteiger partial charge in [-0.1, -0.05) is 12.8 Å². The Labute approximate surface area is 157 Å². The van der Waals surface area contributed by atoms with E-state index in [0.717, 1.165) is 10.3 Å². The minimum atomic E-state index is -0.286. The molecule has 0 spiro atoms. The molecule has 26 heavy (non-hydrogen) atoms. The summed E-state index contributed by atoms with van der Waals surface area (Å²) in [5.41, 5.74) is 0. The van der Waals surface area contributed by atoms with E-state index < -0.39 is 0 Å². The molecule has 2 amide bonds. The van der Waals surface area contributed by atoms with Gasteiger partial charge in [-0.15, -0.1) is 11.3 Å². The van der Waals surface area contributed by atoms with Crippen molar-refractivity contribution >= 4 is 33.4 Å². The number of amides is 2. The molecule has 7 heteroatoms. The molecule has 3 heterocycles. The third-order valence-corrected chi connectivity index (χ3v) is 6.47. The average molecular weight is 375 g/mol. The molecule has 2 aromatic heterocycles. The summed E-state index contributed by atoms with van der Waals surface area (Å²) >= 11 is 1.58. The number of rotatable bonds is 3. The van der Waals surface area contributed by atoms with E-state index in [1.165, 1.54) is 30.4 Å². The number of carbonyl (C=O) groups excluding carboxylic acids is 2. The highest BCUT2D eigenvalue weighted by Crippen LogP contribution is 2.34. The molecule has 2 fully saturated rings. The molecule has 6 nitrogen and oxygen atoms in total. The summed E-state index contributed by atoms with van der Waals surface area (Å²) < 4.78 is 8.55. The van der Waals surface area contributed by atoms with E-state index in [1.807, 2.05) is 11.0 Å². The van der Waals surface area contributed by atoms with Crippen molar-refractivity contribution in [2.75, 3.05) is 32.8 Å². The predicted octanol–water partition coefficient (Wildman–Crippen LogP) is 3.73. The quantitative estimate of drug-likeness (QED) is 0.821. The van der Waals surface area contributed by atoms with Crippen LogP contribution >= 0.6 is 11.3 Å². The van der Waals surface area contributed by atoms with Crippen LogP contribution in [0.5, 0.6) is 0 Å². The van der Waals surface area contributed by atoms with E-state index in [0.29, 0.717) is 38.8 Å². The smallest absolute Gasteiger partial charge is 0.409 e. The number of piperazine rings is 1. The highest BCUT2D eigenvalue weighted by atomic mass is 32.1. The minimum Gasteiger partial charge on any atom is -0.450 e. The molecule has 0 bridgehead atoms. The molecular weight excluding hydrogens is 350 g/mol. The lowest BCUT2D eigenvalue weighted by Gasteiger charge is -2.33. The van der Waals surface area contributed by atoms with Crippen LogP contribution in [-0.2, 0) is 4.74 Å². The van der Waals surface area contributed by atoms with Gasteiger partial charge in [-0.05, 0) is 25.8 Å². The summed E-state index contributed by atoms with van der Waals surface area (Å²) in [4.78, 5) is 28.9. The van der Waals surface area contributed by atoms with E-state index in [2.05, 4.69) is 17.0 Å². The van der Waals surface area contributed by atoms with Gasteiger partial charge in [0.1, 0.15) is 0 Å². The van der Waals surface area contributed by atoms with Gasteiger partial charge in [0.2, 0.25) is 0 Å². The molecule has 1 saturated heterocycles. The van der Waals surface area contributed by atoms with Gasteiger partial charge in [0.15, 0.2) is 0 Å². The van der Waals surface area contributed by atoms with Crippen LogP contribution < -0.4 is 0 Å². The highest BCUT2D eigenvalue weighted by Gasteiger charge is 2.27. The standard InChI is InChI=1S/C19H25N3O3S/c1-2-25-19(24)21-9-7-20(8-10-21)18(23)16-11-14-12-22(13-17(14)26-16)15-5-3-4-6-15/h11-13,15H,2-10H2,1H3. The predicted molar refractivity (Wildman–Crippen MR) is 102 cm³/mol. The first-order valence-corrected chi connectivity index (χ1v) is 10.3. The Morgan fingerprint density at radius 1 is 1.12 bits per heavy atom. The SMILES string of the molecule is CCOC(=O)N1CCN(C(=O)c2cc3cn(C4CCCC4)cc3s2)CC1. The molecular formula is C19H25N3O3S. The molecule has 0 aromatic carbocycles. The molecule has 4 rings (SSSR count). The lowest BCUT2D eigenvalue weighted by molar-refractivity contribution is 0.0574. The maximum Gasteiger partial charge on any atom is 0.409 e. The lowest BCUT2D eigenvalue weighted by Crippen LogP contribution is -2.50. The third kappa shape index (κ3) is 3.32. The zero-order chi connectivity index (χ0) is 18.1. The summed E-state index contributed by atoms with van der Waals surface area (Å²) in [6, 6.07) is 2.65. The second-order valence-electron chi connectivity index (χ2n) is 7.05. The first kappa shape index (κ1) is 17.4. The Hall–Kier alpha value is -2.02. The Balaban J connectivity index is 1.40. The first-order valence-electron chi connectivity index (χ1n) is 9.47. The molecule has 0 unspecified atom stereocenters. The highest BCUT2D eigenvalue weighted by molar-refractivity contribution is 7.20. The maximum absolute atomic E-state index is 12.8.